The van der Waals surface area contributed by atoms with Crippen LogP contribution in [0.1, 0.15) is 27.2 Å². The van der Waals surface area contributed by atoms with E-state index in [0.29, 0.717) is 23.4 Å². The summed E-state index contributed by atoms with van der Waals surface area (Å²) < 4.78 is 1.99. The first kappa shape index (κ1) is 15.9. The fourth-order valence-corrected chi connectivity index (χ4v) is 3.10. The Morgan fingerprint density at radius 3 is 2.81 bits per heavy atom. The molecule has 0 atom stereocenters. The number of fused-ring (bicyclic) bond motifs is 1. The van der Waals surface area contributed by atoms with Crippen LogP contribution in [0.2, 0.25) is 0 Å². The number of hydrogen-bond acceptors (Lipinski definition) is 4. The van der Waals surface area contributed by atoms with Crippen molar-refractivity contribution in [2.75, 3.05) is 12.3 Å². The summed E-state index contributed by atoms with van der Waals surface area (Å²) in [5.41, 5.74) is 10.5. The average molecular weight is 343 g/mol. The zero-order valence-corrected chi connectivity index (χ0v) is 14.3. The van der Waals surface area contributed by atoms with Gasteiger partial charge in [0.25, 0.3) is 5.91 Å². The van der Waals surface area contributed by atoms with Crippen molar-refractivity contribution in [3.05, 3.63) is 65.0 Å². The Morgan fingerprint density at radius 1 is 1.23 bits per heavy atom. The maximum Gasteiger partial charge on any atom is 0.253 e. The minimum Gasteiger partial charge on any atom is -0.368 e. The predicted molar refractivity (Wildman–Crippen MR) is 99.3 cm³/mol. The minimum absolute atomic E-state index is 0.0629. The summed E-state index contributed by atoms with van der Waals surface area (Å²) in [7, 11) is 1.93. The topological polar surface area (TPSA) is 85.8 Å². The van der Waals surface area contributed by atoms with Gasteiger partial charge in [-0.05, 0) is 18.2 Å². The van der Waals surface area contributed by atoms with Crippen LogP contribution < -0.4 is 11.1 Å². The molecule has 4 rings (SSSR count). The number of rotatable bonds is 1. The van der Waals surface area contributed by atoms with Crippen molar-refractivity contribution in [3.63, 3.8) is 0 Å². The molecule has 0 spiro atoms. The normalized spacial score (nSPS) is 12.7. The maximum absolute atomic E-state index is 12.1. The summed E-state index contributed by atoms with van der Waals surface area (Å²) in [6.07, 6.45) is 2.41. The molecule has 6 heteroatoms. The van der Waals surface area contributed by atoms with Gasteiger partial charge in [0.2, 0.25) is 5.95 Å². The molecule has 0 aliphatic carbocycles. The number of hydrogen-bond donors (Lipinski definition) is 2. The lowest BCUT2D eigenvalue weighted by atomic mass is 10.1. The third-order valence-electron chi connectivity index (χ3n) is 4.42. The number of carbonyl (C=O) groups is 1. The van der Waals surface area contributed by atoms with Crippen LogP contribution in [0.5, 0.6) is 0 Å². The van der Waals surface area contributed by atoms with E-state index in [-0.39, 0.29) is 11.9 Å². The first-order valence-corrected chi connectivity index (χ1v) is 8.30. The number of nitrogens with one attached hydrogen (secondary N) is 1. The molecule has 6 nitrogen and oxygen atoms in total. The predicted octanol–water partition coefficient (Wildman–Crippen LogP) is 1.75. The number of nitrogens with two attached hydrogens (primary N) is 1. The zero-order valence-electron chi connectivity index (χ0n) is 14.3. The molecule has 1 aliphatic heterocycles. The van der Waals surface area contributed by atoms with Crippen molar-refractivity contribution in [1.29, 1.82) is 0 Å². The Hall–Kier alpha value is -3.59. The molecule has 3 aromatic rings. The van der Waals surface area contributed by atoms with Gasteiger partial charge in [-0.25, -0.2) is 9.97 Å². The molecule has 0 fully saturated rings. The van der Waals surface area contributed by atoms with E-state index >= 15 is 0 Å². The summed E-state index contributed by atoms with van der Waals surface area (Å²) in [4.78, 5) is 20.6. The van der Waals surface area contributed by atoms with E-state index in [1.165, 1.54) is 0 Å². The van der Waals surface area contributed by atoms with Gasteiger partial charge in [0.15, 0.2) is 0 Å². The molecule has 0 saturated carbocycles. The number of amides is 1. The number of anilines is 1. The molecule has 3 N–H and O–H groups in total. The van der Waals surface area contributed by atoms with Gasteiger partial charge >= 0.3 is 0 Å². The monoisotopic (exact) mass is 343 g/mol. The number of benzene rings is 1. The Labute approximate surface area is 151 Å². The van der Waals surface area contributed by atoms with Crippen molar-refractivity contribution in [1.82, 2.24) is 19.9 Å². The molecule has 0 saturated heterocycles. The van der Waals surface area contributed by atoms with Gasteiger partial charge in [-0.3, -0.25) is 4.79 Å². The van der Waals surface area contributed by atoms with Gasteiger partial charge in [-0.15, -0.1) is 0 Å². The Kier molecular flexibility index (Phi) is 3.90. The highest BCUT2D eigenvalue weighted by molar-refractivity contribution is 5.98. The molecule has 26 heavy (non-hydrogen) atoms. The first-order valence-electron chi connectivity index (χ1n) is 8.30. The molecule has 0 bridgehead atoms. The van der Waals surface area contributed by atoms with Gasteiger partial charge in [0.1, 0.15) is 5.69 Å². The molecule has 0 unspecified atom stereocenters. The Morgan fingerprint density at radius 2 is 2.04 bits per heavy atom. The lowest BCUT2D eigenvalue weighted by molar-refractivity contribution is 0.0945. The largest absolute Gasteiger partial charge is 0.368 e. The molecule has 2 aromatic heterocycles. The van der Waals surface area contributed by atoms with Crippen molar-refractivity contribution in [2.45, 2.75) is 6.42 Å². The zero-order chi connectivity index (χ0) is 18.1. The van der Waals surface area contributed by atoms with E-state index in [2.05, 4.69) is 27.1 Å². The summed E-state index contributed by atoms with van der Waals surface area (Å²) in [6, 6.07) is 11.6. The summed E-state index contributed by atoms with van der Waals surface area (Å²) in [5.74, 6) is 6.36. The van der Waals surface area contributed by atoms with Crippen LogP contribution >= 0.6 is 0 Å². The minimum atomic E-state index is -0.0629. The fraction of sp³-hybridized carbons (Fsp3) is 0.150. The number of nitrogens with zero attached hydrogens (tertiary/aromatic N) is 3. The smallest absolute Gasteiger partial charge is 0.253 e. The second-order valence-electron chi connectivity index (χ2n) is 6.06. The molecular formula is C20H17N5O. The third kappa shape index (κ3) is 2.80. The van der Waals surface area contributed by atoms with Crippen molar-refractivity contribution in [2.24, 2.45) is 7.05 Å². The summed E-state index contributed by atoms with van der Waals surface area (Å²) >= 11 is 0. The lowest BCUT2D eigenvalue weighted by Crippen LogP contribution is -2.31. The lowest BCUT2D eigenvalue weighted by Gasteiger charge is -2.14. The van der Waals surface area contributed by atoms with E-state index < -0.39 is 0 Å². The van der Waals surface area contributed by atoms with Crippen molar-refractivity contribution in [3.8, 4) is 23.2 Å². The van der Waals surface area contributed by atoms with Crippen LogP contribution in [-0.2, 0) is 13.5 Å². The average Bonchev–Trinajstić information content (AvgIpc) is 3.00. The molecule has 128 valence electrons. The van der Waals surface area contributed by atoms with Crippen LogP contribution in [0.15, 0.2) is 42.6 Å². The highest BCUT2D eigenvalue weighted by atomic mass is 16.1. The van der Waals surface area contributed by atoms with Gasteiger partial charge in [-0.2, -0.15) is 0 Å². The highest BCUT2D eigenvalue weighted by Crippen LogP contribution is 2.28. The van der Waals surface area contributed by atoms with Crippen LogP contribution in [0.4, 0.5) is 5.95 Å². The van der Waals surface area contributed by atoms with Crippen LogP contribution in [0.25, 0.3) is 11.4 Å². The Bertz CT molecular complexity index is 1060. The second kappa shape index (κ2) is 6.37. The van der Waals surface area contributed by atoms with E-state index in [1.807, 2.05) is 48.0 Å². The number of nitrogen functional groups attached to an aromatic ring is 1. The number of aromatic nitrogens is 3. The molecule has 3 heterocycles. The van der Waals surface area contributed by atoms with Gasteiger partial charge < -0.3 is 15.6 Å². The van der Waals surface area contributed by atoms with Gasteiger partial charge in [0.05, 0.1) is 16.8 Å². The third-order valence-corrected chi connectivity index (χ3v) is 4.42. The van der Waals surface area contributed by atoms with Crippen LogP contribution in [0, 0.1) is 11.8 Å². The van der Waals surface area contributed by atoms with Gasteiger partial charge in [0, 0.05) is 37.5 Å². The Balaban J connectivity index is 1.84. The first-order chi connectivity index (χ1) is 12.6. The molecule has 1 amide bonds. The van der Waals surface area contributed by atoms with E-state index in [9.17, 15) is 4.79 Å². The maximum atomic E-state index is 12.1. The number of carbonyl (C=O) groups excluding carboxylic acids is 1. The van der Waals surface area contributed by atoms with Gasteiger partial charge in [-0.1, -0.05) is 30.0 Å². The van der Waals surface area contributed by atoms with E-state index in [4.69, 9.17) is 5.73 Å². The van der Waals surface area contributed by atoms with Crippen LogP contribution in [-0.4, -0.2) is 27.0 Å². The standard InChI is InChI=1S/C20H17N5O/c1-25-16-9-10-22-19(26)15(16)11-17(25)18-14(12-23-20(21)24-18)8-7-13-5-3-2-4-6-13/h2-6,11-12H,9-10H2,1H3,(H,22,26)(H2,21,23,24). The molecule has 1 aliphatic rings. The molecular weight excluding hydrogens is 326 g/mol. The molecule has 1 aromatic carbocycles. The summed E-state index contributed by atoms with van der Waals surface area (Å²) in [6.45, 7) is 0.635. The van der Waals surface area contributed by atoms with E-state index in [1.54, 1.807) is 6.20 Å². The fourth-order valence-electron chi connectivity index (χ4n) is 3.10. The SMILES string of the molecule is Cn1c(-c2nc(N)ncc2C#Cc2ccccc2)cc2c1CCNC2=O. The van der Waals surface area contributed by atoms with Crippen LogP contribution in [0.3, 0.4) is 0 Å². The second-order valence-corrected chi connectivity index (χ2v) is 6.06. The highest BCUT2D eigenvalue weighted by Gasteiger charge is 2.24. The molecule has 0 radical (unpaired) electrons. The van der Waals surface area contributed by atoms with E-state index in [0.717, 1.165) is 23.4 Å². The quantitative estimate of drug-likeness (QED) is 0.659. The summed E-state index contributed by atoms with van der Waals surface area (Å²) in [5, 5.41) is 2.87. The van der Waals surface area contributed by atoms with Crippen molar-refractivity contribution >= 4 is 11.9 Å². The van der Waals surface area contributed by atoms with Crippen molar-refractivity contribution < 1.29 is 4.79 Å².